The van der Waals surface area contributed by atoms with Gasteiger partial charge in [-0.2, -0.15) is 0 Å². The summed E-state index contributed by atoms with van der Waals surface area (Å²) in [7, 11) is 0. The van der Waals surface area contributed by atoms with Gasteiger partial charge in [0.15, 0.2) is 0 Å². The fraction of sp³-hybridized carbons (Fsp3) is 1.00. The molecule has 0 aromatic rings. The molecule has 0 spiro atoms. The monoisotopic (exact) mass is 135 g/mol. The van der Waals surface area contributed by atoms with Crippen LogP contribution in [0.15, 0.2) is 0 Å². The van der Waals surface area contributed by atoms with Gasteiger partial charge in [-0.3, -0.25) is 0 Å². The summed E-state index contributed by atoms with van der Waals surface area (Å²) in [5.74, 6) is 0. The van der Waals surface area contributed by atoms with Crippen molar-refractivity contribution in [2.24, 2.45) is 0 Å². The van der Waals surface area contributed by atoms with Crippen LogP contribution in [0.4, 0.5) is 0 Å². The van der Waals surface area contributed by atoms with Gasteiger partial charge in [0.1, 0.15) is 0 Å². The van der Waals surface area contributed by atoms with E-state index in [2.05, 4.69) is 11.8 Å². The molecule has 0 amide bonds. The van der Waals surface area contributed by atoms with E-state index < -0.39 is 0 Å². The van der Waals surface area contributed by atoms with Gasteiger partial charge in [0, 0.05) is 6.54 Å². The molecule has 1 N–H and O–H groups in total. The van der Waals surface area contributed by atoms with Crippen molar-refractivity contribution >= 4 is 11.8 Å². The summed E-state index contributed by atoms with van der Waals surface area (Å²) in [5, 5.41) is 0. The number of halogens is 1. The third-order valence-corrected chi connectivity index (χ3v) is 1.31. The van der Waals surface area contributed by atoms with Gasteiger partial charge in [0.2, 0.25) is 0 Å². The van der Waals surface area contributed by atoms with Crippen LogP contribution in [-0.4, -0.2) is 6.54 Å². The van der Waals surface area contributed by atoms with E-state index in [-0.39, 0.29) is 0 Å². The van der Waals surface area contributed by atoms with Crippen LogP contribution >= 0.6 is 11.8 Å². The van der Waals surface area contributed by atoms with E-state index in [4.69, 9.17) is 11.8 Å². The van der Waals surface area contributed by atoms with Gasteiger partial charge in [-0.25, -0.2) is 4.84 Å². The van der Waals surface area contributed by atoms with Gasteiger partial charge >= 0.3 is 0 Å². The molecule has 2 heteroatoms. The minimum absolute atomic E-state index is 0.946. The Morgan fingerprint density at radius 1 is 1.25 bits per heavy atom. The van der Waals surface area contributed by atoms with Gasteiger partial charge in [0.05, 0.1) is 0 Å². The second-order valence-corrected chi connectivity index (χ2v) is 2.21. The Balaban J connectivity index is 2.53. The fourth-order valence-corrected chi connectivity index (χ4v) is 0.752. The van der Waals surface area contributed by atoms with Crippen molar-refractivity contribution in [3.63, 3.8) is 0 Å². The number of hydrogen-bond acceptors (Lipinski definition) is 1. The molecular formula is C6H14ClN. The molecule has 0 bridgehead atoms. The first-order chi connectivity index (χ1) is 3.91. The second-order valence-electron chi connectivity index (χ2n) is 1.94. The molecular weight excluding hydrogens is 122 g/mol. The molecule has 0 aromatic heterocycles. The number of unbranched alkanes of at least 4 members (excludes halogenated alkanes) is 3. The third-order valence-electron chi connectivity index (χ3n) is 1.12. The van der Waals surface area contributed by atoms with E-state index in [0.717, 1.165) is 6.54 Å². The predicted octanol–water partition coefficient (Wildman–Crippen LogP) is 2.31. The summed E-state index contributed by atoms with van der Waals surface area (Å²) in [6, 6.07) is 0. The smallest absolute Gasteiger partial charge is 0.0108 e. The van der Waals surface area contributed by atoms with Gasteiger partial charge in [-0.1, -0.05) is 26.2 Å². The van der Waals surface area contributed by atoms with Gasteiger partial charge < -0.3 is 0 Å². The zero-order chi connectivity index (χ0) is 6.24. The minimum Gasteiger partial charge on any atom is -0.234 e. The predicted molar refractivity (Wildman–Crippen MR) is 38.0 cm³/mol. The average molecular weight is 136 g/mol. The fourth-order valence-electron chi connectivity index (χ4n) is 0.619. The lowest BCUT2D eigenvalue weighted by molar-refractivity contribution is 0.660. The Morgan fingerprint density at radius 3 is 2.50 bits per heavy atom. The standard InChI is InChI=1S/C6H14ClN/c1-2-3-4-5-6-8-7/h8H,2-6H2,1H3. The molecule has 0 saturated carbocycles. The van der Waals surface area contributed by atoms with Crippen LogP contribution in [-0.2, 0) is 0 Å². The zero-order valence-corrected chi connectivity index (χ0v) is 6.17. The maximum Gasteiger partial charge on any atom is 0.0108 e. The molecule has 8 heavy (non-hydrogen) atoms. The van der Waals surface area contributed by atoms with Crippen molar-refractivity contribution in [3.8, 4) is 0 Å². The Kier molecular flexibility index (Phi) is 7.48. The van der Waals surface area contributed by atoms with Crippen molar-refractivity contribution in [1.29, 1.82) is 0 Å². The topological polar surface area (TPSA) is 12.0 Å². The van der Waals surface area contributed by atoms with Crippen LogP contribution < -0.4 is 4.84 Å². The third kappa shape index (κ3) is 6.25. The summed E-state index contributed by atoms with van der Waals surface area (Å²) in [6.07, 6.45) is 5.13. The molecule has 0 heterocycles. The van der Waals surface area contributed by atoms with Crippen molar-refractivity contribution in [2.75, 3.05) is 6.54 Å². The molecule has 0 atom stereocenters. The second kappa shape index (κ2) is 7.25. The van der Waals surface area contributed by atoms with Crippen molar-refractivity contribution in [2.45, 2.75) is 32.6 Å². The van der Waals surface area contributed by atoms with Crippen molar-refractivity contribution in [1.82, 2.24) is 4.84 Å². The highest BCUT2D eigenvalue weighted by atomic mass is 35.5. The SMILES string of the molecule is CCCCCCNCl. The van der Waals surface area contributed by atoms with Gasteiger partial charge in [0.25, 0.3) is 0 Å². The van der Waals surface area contributed by atoms with Crippen molar-refractivity contribution < 1.29 is 0 Å². The molecule has 0 saturated heterocycles. The first-order valence-corrected chi connectivity index (χ1v) is 3.63. The highest BCUT2D eigenvalue weighted by Gasteiger charge is 1.83. The Hall–Kier alpha value is 0.250. The van der Waals surface area contributed by atoms with Crippen molar-refractivity contribution in [3.05, 3.63) is 0 Å². The van der Waals surface area contributed by atoms with Gasteiger partial charge in [-0.15, -0.1) is 0 Å². The maximum atomic E-state index is 5.23. The van der Waals surface area contributed by atoms with Crippen LogP contribution in [0, 0.1) is 0 Å². The molecule has 50 valence electrons. The molecule has 0 aliphatic rings. The van der Waals surface area contributed by atoms with Crippen LogP contribution in [0.5, 0.6) is 0 Å². The Morgan fingerprint density at radius 2 is 2.00 bits per heavy atom. The molecule has 0 aliphatic carbocycles. The number of rotatable bonds is 5. The lowest BCUT2D eigenvalue weighted by Gasteiger charge is -1.94. The molecule has 0 fully saturated rings. The quantitative estimate of drug-likeness (QED) is 0.451. The first-order valence-electron chi connectivity index (χ1n) is 3.25. The van der Waals surface area contributed by atoms with Crippen LogP contribution in [0.25, 0.3) is 0 Å². The summed E-state index contributed by atoms with van der Waals surface area (Å²) < 4.78 is 0. The summed E-state index contributed by atoms with van der Waals surface area (Å²) >= 11 is 5.23. The van der Waals surface area contributed by atoms with E-state index in [0.29, 0.717) is 0 Å². The average Bonchev–Trinajstić information content (AvgIpc) is 1.81. The number of hydrogen-bond donors (Lipinski definition) is 1. The molecule has 0 aromatic carbocycles. The van der Waals surface area contributed by atoms with Crippen LogP contribution in [0.2, 0.25) is 0 Å². The molecule has 0 aliphatic heterocycles. The van der Waals surface area contributed by atoms with E-state index in [1.807, 2.05) is 0 Å². The number of nitrogens with one attached hydrogen (secondary N) is 1. The zero-order valence-electron chi connectivity index (χ0n) is 5.41. The summed E-state index contributed by atoms with van der Waals surface area (Å²) in [5.41, 5.74) is 0. The van der Waals surface area contributed by atoms with Crippen LogP contribution in [0.1, 0.15) is 32.6 Å². The van der Waals surface area contributed by atoms with E-state index in [1.54, 1.807) is 0 Å². The Bertz CT molecular complexity index is 33.5. The summed E-state index contributed by atoms with van der Waals surface area (Å²) in [4.78, 5) is 2.60. The molecule has 1 nitrogen and oxygen atoms in total. The van der Waals surface area contributed by atoms with Gasteiger partial charge in [-0.05, 0) is 18.2 Å². The molecule has 0 unspecified atom stereocenters. The normalized spacial score (nSPS) is 9.75. The highest BCUT2D eigenvalue weighted by Crippen LogP contribution is 1.96. The molecule has 0 radical (unpaired) electrons. The van der Waals surface area contributed by atoms with E-state index in [1.165, 1.54) is 25.7 Å². The lowest BCUT2D eigenvalue weighted by Crippen LogP contribution is -1.99. The molecule has 0 rings (SSSR count). The van der Waals surface area contributed by atoms with E-state index >= 15 is 0 Å². The lowest BCUT2D eigenvalue weighted by atomic mass is 10.2. The summed E-state index contributed by atoms with van der Waals surface area (Å²) in [6.45, 7) is 3.15. The first kappa shape index (κ1) is 8.25. The van der Waals surface area contributed by atoms with E-state index in [9.17, 15) is 0 Å². The van der Waals surface area contributed by atoms with Crippen LogP contribution in [0.3, 0.4) is 0 Å². The Labute approximate surface area is 56.5 Å². The maximum absolute atomic E-state index is 5.23. The largest absolute Gasteiger partial charge is 0.234 e. The minimum atomic E-state index is 0.946. The highest BCUT2D eigenvalue weighted by molar-refractivity contribution is 6.13.